The molecule has 0 aliphatic carbocycles. The smallest absolute Gasteiger partial charge is 0.165 e. The Morgan fingerprint density at radius 1 is 1.20 bits per heavy atom. The monoisotopic (exact) mass is 138 g/mol. The second kappa shape index (κ2) is 3.90. The van der Waals surface area contributed by atoms with Gasteiger partial charge in [0.2, 0.25) is 0 Å². The highest BCUT2D eigenvalue weighted by atomic mass is 17.2. The quantitative estimate of drug-likeness (QED) is 0.470. The highest BCUT2D eigenvalue weighted by Crippen LogP contribution is 2.07. The minimum Gasteiger partial charge on any atom is -0.338 e. The topological polar surface area (TPSA) is 18.5 Å². The third-order valence-corrected chi connectivity index (χ3v) is 1.02. The van der Waals surface area contributed by atoms with Crippen molar-refractivity contribution in [2.75, 3.05) is 6.61 Å². The fourth-order valence-electron chi connectivity index (χ4n) is 0.603. The molecule has 1 rings (SSSR count). The molecule has 54 valence electrons. The maximum Gasteiger partial charge on any atom is 0.165 e. The van der Waals surface area contributed by atoms with Crippen LogP contribution in [-0.2, 0) is 4.89 Å². The van der Waals surface area contributed by atoms with Crippen LogP contribution < -0.4 is 4.89 Å². The van der Waals surface area contributed by atoms with Gasteiger partial charge in [-0.05, 0) is 19.1 Å². The van der Waals surface area contributed by atoms with Crippen molar-refractivity contribution in [1.29, 1.82) is 0 Å². The Balaban J connectivity index is 2.43. The van der Waals surface area contributed by atoms with E-state index in [9.17, 15) is 0 Å². The Bertz CT molecular complexity index is 172. The first kappa shape index (κ1) is 7.09. The van der Waals surface area contributed by atoms with Gasteiger partial charge in [0.25, 0.3) is 0 Å². The zero-order valence-electron chi connectivity index (χ0n) is 5.91. The Kier molecular flexibility index (Phi) is 2.77. The van der Waals surface area contributed by atoms with Gasteiger partial charge in [0, 0.05) is 0 Å². The molecule has 0 saturated carbocycles. The Morgan fingerprint density at radius 3 is 2.50 bits per heavy atom. The first-order chi connectivity index (χ1) is 4.93. The predicted octanol–water partition coefficient (Wildman–Crippen LogP) is 2.02. The minimum atomic E-state index is 0.564. The molecule has 0 atom stereocenters. The molecule has 0 radical (unpaired) electrons. The van der Waals surface area contributed by atoms with Crippen LogP contribution >= 0.6 is 0 Å². The van der Waals surface area contributed by atoms with E-state index in [1.165, 1.54) is 0 Å². The van der Waals surface area contributed by atoms with Gasteiger partial charge >= 0.3 is 0 Å². The van der Waals surface area contributed by atoms with Crippen LogP contribution in [0.4, 0.5) is 0 Å². The van der Waals surface area contributed by atoms with Gasteiger partial charge in [0.15, 0.2) is 5.75 Å². The molecular weight excluding hydrogens is 128 g/mol. The van der Waals surface area contributed by atoms with Gasteiger partial charge in [-0.15, -0.1) is 0 Å². The molecule has 2 nitrogen and oxygen atoms in total. The van der Waals surface area contributed by atoms with Crippen LogP contribution in [0.3, 0.4) is 0 Å². The van der Waals surface area contributed by atoms with Gasteiger partial charge in [-0.3, -0.25) is 0 Å². The second-order valence-electron chi connectivity index (χ2n) is 1.80. The molecule has 0 bridgehead atoms. The van der Waals surface area contributed by atoms with E-state index in [1.807, 2.05) is 37.3 Å². The highest BCUT2D eigenvalue weighted by Gasteiger charge is 1.87. The molecule has 0 aliphatic rings. The Labute approximate surface area is 60.3 Å². The zero-order valence-corrected chi connectivity index (χ0v) is 5.91. The molecule has 0 aromatic heterocycles. The fourth-order valence-corrected chi connectivity index (χ4v) is 0.603. The molecule has 0 unspecified atom stereocenters. The summed E-state index contributed by atoms with van der Waals surface area (Å²) < 4.78 is 0. The third kappa shape index (κ3) is 2.07. The summed E-state index contributed by atoms with van der Waals surface area (Å²) in [7, 11) is 0. The molecule has 0 amide bonds. The van der Waals surface area contributed by atoms with E-state index in [0.29, 0.717) is 6.61 Å². The highest BCUT2D eigenvalue weighted by molar-refractivity contribution is 5.20. The van der Waals surface area contributed by atoms with Gasteiger partial charge in [-0.2, -0.15) is 4.89 Å². The van der Waals surface area contributed by atoms with E-state index in [0.717, 1.165) is 5.75 Å². The van der Waals surface area contributed by atoms with Crippen molar-refractivity contribution in [3.63, 3.8) is 0 Å². The van der Waals surface area contributed by atoms with Crippen molar-refractivity contribution < 1.29 is 9.78 Å². The molecular formula is C8H10O2. The van der Waals surface area contributed by atoms with Crippen molar-refractivity contribution in [1.82, 2.24) is 0 Å². The molecule has 0 N–H and O–H groups in total. The van der Waals surface area contributed by atoms with E-state index >= 15 is 0 Å². The van der Waals surface area contributed by atoms with Gasteiger partial charge in [-0.1, -0.05) is 18.2 Å². The largest absolute Gasteiger partial charge is 0.338 e. The van der Waals surface area contributed by atoms with Gasteiger partial charge in [-0.25, -0.2) is 0 Å². The van der Waals surface area contributed by atoms with Crippen LogP contribution in [0.15, 0.2) is 30.3 Å². The van der Waals surface area contributed by atoms with Crippen LogP contribution in [0, 0.1) is 0 Å². The molecule has 0 saturated heterocycles. The molecule has 1 aromatic rings. The average Bonchev–Trinajstić information content (AvgIpc) is 2.03. The summed E-state index contributed by atoms with van der Waals surface area (Å²) in [6.07, 6.45) is 0. The van der Waals surface area contributed by atoms with Crippen LogP contribution in [-0.4, -0.2) is 6.61 Å². The van der Waals surface area contributed by atoms with Crippen molar-refractivity contribution in [3.05, 3.63) is 30.3 Å². The van der Waals surface area contributed by atoms with Gasteiger partial charge in [0.1, 0.15) is 0 Å². The molecule has 1 aromatic carbocycles. The lowest BCUT2D eigenvalue weighted by atomic mass is 10.3. The van der Waals surface area contributed by atoms with E-state index < -0.39 is 0 Å². The van der Waals surface area contributed by atoms with Crippen molar-refractivity contribution in [2.45, 2.75) is 6.92 Å². The number of benzene rings is 1. The number of para-hydroxylation sites is 1. The standard InChI is InChI=1S/C8H10O2/c1-2-9-10-8-6-4-3-5-7-8/h3-7H,2H2,1H3. The molecule has 2 heteroatoms. The predicted molar refractivity (Wildman–Crippen MR) is 38.7 cm³/mol. The minimum absolute atomic E-state index is 0.564. The zero-order chi connectivity index (χ0) is 7.23. The molecule has 10 heavy (non-hydrogen) atoms. The molecule has 0 aliphatic heterocycles. The van der Waals surface area contributed by atoms with Crippen molar-refractivity contribution >= 4 is 0 Å². The SMILES string of the molecule is CCOOc1ccccc1. The van der Waals surface area contributed by atoms with E-state index in [1.54, 1.807) is 0 Å². The summed E-state index contributed by atoms with van der Waals surface area (Å²) >= 11 is 0. The van der Waals surface area contributed by atoms with Gasteiger partial charge < -0.3 is 4.89 Å². The summed E-state index contributed by atoms with van der Waals surface area (Å²) in [5.74, 6) is 0.740. The lowest BCUT2D eigenvalue weighted by Gasteiger charge is -2.00. The van der Waals surface area contributed by atoms with E-state index in [2.05, 4.69) is 0 Å². The molecule has 0 fully saturated rings. The lowest BCUT2D eigenvalue weighted by Crippen LogP contribution is -1.94. The molecule has 0 heterocycles. The summed E-state index contributed by atoms with van der Waals surface area (Å²) in [6, 6.07) is 9.41. The summed E-state index contributed by atoms with van der Waals surface area (Å²) in [4.78, 5) is 9.57. The summed E-state index contributed by atoms with van der Waals surface area (Å²) in [5.41, 5.74) is 0. The average molecular weight is 138 g/mol. The van der Waals surface area contributed by atoms with Crippen LogP contribution in [0.25, 0.3) is 0 Å². The lowest BCUT2D eigenvalue weighted by molar-refractivity contribution is -0.202. The van der Waals surface area contributed by atoms with Crippen LogP contribution in [0.2, 0.25) is 0 Å². The molecule has 0 spiro atoms. The van der Waals surface area contributed by atoms with E-state index in [-0.39, 0.29) is 0 Å². The number of rotatable bonds is 3. The Morgan fingerprint density at radius 2 is 1.90 bits per heavy atom. The van der Waals surface area contributed by atoms with Crippen LogP contribution in [0.5, 0.6) is 5.75 Å². The van der Waals surface area contributed by atoms with E-state index in [4.69, 9.17) is 9.78 Å². The normalized spacial score (nSPS) is 9.30. The number of hydrogen-bond acceptors (Lipinski definition) is 2. The summed E-state index contributed by atoms with van der Waals surface area (Å²) in [5, 5.41) is 0. The van der Waals surface area contributed by atoms with Crippen molar-refractivity contribution in [2.24, 2.45) is 0 Å². The third-order valence-electron chi connectivity index (χ3n) is 1.02. The first-order valence-corrected chi connectivity index (χ1v) is 3.28. The van der Waals surface area contributed by atoms with Crippen LogP contribution in [0.1, 0.15) is 6.92 Å². The first-order valence-electron chi connectivity index (χ1n) is 3.28. The number of hydrogen-bond donors (Lipinski definition) is 0. The maximum atomic E-state index is 4.86. The fraction of sp³-hybridized carbons (Fsp3) is 0.250. The summed E-state index contributed by atoms with van der Waals surface area (Å²) in [6.45, 7) is 2.44. The van der Waals surface area contributed by atoms with Crippen molar-refractivity contribution in [3.8, 4) is 5.75 Å². The maximum absolute atomic E-state index is 4.86. The second-order valence-corrected chi connectivity index (χ2v) is 1.80. The van der Waals surface area contributed by atoms with Gasteiger partial charge in [0.05, 0.1) is 6.61 Å². The Hall–Kier alpha value is -1.02.